The fourth-order valence-corrected chi connectivity index (χ4v) is 2.97. The molecule has 0 bridgehead atoms. The molecule has 3 unspecified atom stereocenters. The lowest BCUT2D eigenvalue weighted by atomic mass is 9.73. The Morgan fingerprint density at radius 1 is 1.35 bits per heavy atom. The average molecular weight is 295 g/mol. The van der Waals surface area contributed by atoms with Gasteiger partial charge in [-0.05, 0) is 30.5 Å². The number of carboxylic acids is 1. The van der Waals surface area contributed by atoms with E-state index in [1.165, 1.54) is 0 Å². The SMILES string of the molecule is CS(=O)Cc1cccc(NC(=O)C2CCC2C(=O)O)c1. The van der Waals surface area contributed by atoms with Gasteiger partial charge in [0.15, 0.2) is 0 Å². The van der Waals surface area contributed by atoms with Crippen LogP contribution in [0.5, 0.6) is 0 Å². The number of aliphatic carboxylic acids is 1. The van der Waals surface area contributed by atoms with Crippen molar-refractivity contribution >= 4 is 28.4 Å². The molecular formula is C14H17NO4S. The molecule has 20 heavy (non-hydrogen) atoms. The first-order valence-electron chi connectivity index (χ1n) is 6.40. The summed E-state index contributed by atoms with van der Waals surface area (Å²) in [6, 6.07) is 7.15. The predicted molar refractivity (Wildman–Crippen MR) is 76.7 cm³/mol. The molecule has 0 spiro atoms. The number of carboxylic acid groups (broad SMARTS) is 1. The molecule has 0 aromatic heterocycles. The lowest BCUT2D eigenvalue weighted by Gasteiger charge is -2.31. The molecule has 1 fully saturated rings. The molecule has 3 atom stereocenters. The highest BCUT2D eigenvalue weighted by molar-refractivity contribution is 7.83. The van der Waals surface area contributed by atoms with E-state index in [1.54, 1.807) is 24.5 Å². The lowest BCUT2D eigenvalue weighted by Crippen LogP contribution is -2.41. The topological polar surface area (TPSA) is 83.5 Å². The Morgan fingerprint density at radius 2 is 2.05 bits per heavy atom. The number of hydrogen-bond donors (Lipinski definition) is 2. The van der Waals surface area contributed by atoms with Crippen LogP contribution in [0, 0.1) is 11.8 Å². The van der Waals surface area contributed by atoms with Crippen molar-refractivity contribution < 1.29 is 18.9 Å². The number of amides is 1. The summed E-state index contributed by atoms with van der Waals surface area (Å²) in [7, 11) is -0.939. The number of rotatable bonds is 5. The molecule has 2 N–H and O–H groups in total. The van der Waals surface area contributed by atoms with E-state index in [1.807, 2.05) is 6.07 Å². The van der Waals surface area contributed by atoms with Crippen molar-refractivity contribution in [3.63, 3.8) is 0 Å². The third-order valence-electron chi connectivity index (χ3n) is 3.49. The van der Waals surface area contributed by atoms with Gasteiger partial charge in [0.1, 0.15) is 0 Å². The van der Waals surface area contributed by atoms with E-state index in [2.05, 4.69) is 5.32 Å². The van der Waals surface area contributed by atoms with Crippen molar-refractivity contribution in [2.75, 3.05) is 11.6 Å². The van der Waals surface area contributed by atoms with Crippen LogP contribution < -0.4 is 5.32 Å². The summed E-state index contributed by atoms with van der Waals surface area (Å²) >= 11 is 0. The van der Waals surface area contributed by atoms with Crippen LogP contribution in [0.15, 0.2) is 24.3 Å². The number of carbonyl (C=O) groups is 2. The number of benzene rings is 1. The molecule has 1 aliphatic carbocycles. The minimum Gasteiger partial charge on any atom is -0.481 e. The van der Waals surface area contributed by atoms with Crippen LogP contribution in [-0.2, 0) is 26.1 Å². The maximum absolute atomic E-state index is 12.0. The molecule has 6 heteroatoms. The van der Waals surface area contributed by atoms with Gasteiger partial charge in [0, 0.05) is 28.5 Å². The zero-order chi connectivity index (χ0) is 14.7. The van der Waals surface area contributed by atoms with E-state index in [-0.39, 0.29) is 5.91 Å². The Labute approximate surface area is 119 Å². The molecule has 5 nitrogen and oxygen atoms in total. The smallest absolute Gasteiger partial charge is 0.307 e. The van der Waals surface area contributed by atoms with E-state index < -0.39 is 28.6 Å². The van der Waals surface area contributed by atoms with Crippen LogP contribution in [0.25, 0.3) is 0 Å². The van der Waals surface area contributed by atoms with Crippen molar-refractivity contribution in [3.05, 3.63) is 29.8 Å². The Kier molecular flexibility index (Phi) is 4.54. The van der Waals surface area contributed by atoms with E-state index in [0.717, 1.165) is 5.56 Å². The first kappa shape index (κ1) is 14.7. The first-order valence-corrected chi connectivity index (χ1v) is 8.12. The maximum atomic E-state index is 12.0. The molecule has 1 saturated carbocycles. The van der Waals surface area contributed by atoms with Gasteiger partial charge in [0.05, 0.1) is 11.8 Å². The van der Waals surface area contributed by atoms with Crippen LogP contribution in [0.3, 0.4) is 0 Å². The number of carbonyl (C=O) groups excluding carboxylic acids is 1. The standard InChI is InChI=1S/C14H17NO4S/c1-20(19)8-9-3-2-4-10(7-9)15-13(16)11-5-6-12(11)14(17)18/h2-4,7,11-12H,5-6,8H2,1H3,(H,15,16)(H,17,18). The summed E-state index contributed by atoms with van der Waals surface area (Å²) in [5, 5.41) is 11.7. The fourth-order valence-electron chi connectivity index (χ4n) is 2.32. The highest BCUT2D eigenvalue weighted by atomic mass is 32.2. The first-order chi connectivity index (χ1) is 9.47. The third kappa shape index (κ3) is 3.45. The quantitative estimate of drug-likeness (QED) is 0.864. The minimum atomic E-state index is -0.939. The molecule has 0 saturated heterocycles. The number of nitrogens with one attached hydrogen (secondary N) is 1. The highest BCUT2D eigenvalue weighted by Gasteiger charge is 2.41. The van der Waals surface area contributed by atoms with E-state index in [9.17, 15) is 13.8 Å². The van der Waals surface area contributed by atoms with Gasteiger partial charge in [-0.15, -0.1) is 0 Å². The Bertz CT molecular complexity index is 558. The van der Waals surface area contributed by atoms with Crippen molar-refractivity contribution in [2.45, 2.75) is 18.6 Å². The fraction of sp³-hybridized carbons (Fsp3) is 0.429. The molecule has 1 aromatic rings. The van der Waals surface area contributed by atoms with Gasteiger partial charge < -0.3 is 10.4 Å². The van der Waals surface area contributed by atoms with Gasteiger partial charge >= 0.3 is 5.97 Å². The molecule has 0 heterocycles. The zero-order valence-electron chi connectivity index (χ0n) is 11.2. The minimum absolute atomic E-state index is 0.251. The van der Waals surface area contributed by atoms with Gasteiger partial charge in [0.25, 0.3) is 0 Å². The maximum Gasteiger partial charge on any atom is 0.307 e. The van der Waals surface area contributed by atoms with Crippen LogP contribution in [-0.4, -0.2) is 27.4 Å². The Balaban J connectivity index is 2.01. The van der Waals surface area contributed by atoms with Crippen molar-refractivity contribution in [3.8, 4) is 0 Å². The summed E-state index contributed by atoms with van der Waals surface area (Å²) in [6.07, 6.45) is 2.79. The summed E-state index contributed by atoms with van der Waals surface area (Å²) in [5.41, 5.74) is 1.50. The molecule has 2 rings (SSSR count). The second-order valence-electron chi connectivity index (χ2n) is 5.04. The second kappa shape index (κ2) is 6.17. The van der Waals surface area contributed by atoms with Gasteiger partial charge in [0.2, 0.25) is 5.91 Å². The van der Waals surface area contributed by atoms with Gasteiger partial charge in [-0.3, -0.25) is 13.8 Å². The number of anilines is 1. The van der Waals surface area contributed by atoms with Crippen LogP contribution in [0.2, 0.25) is 0 Å². The molecule has 108 valence electrons. The molecule has 0 radical (unpaired) electrons. The van der Waals surface area contributed by atoms with Gasteiger partial charge in [-0.1, -0.05) is 12.1 Å². The Hall–Kier alpha value is -1.69. The van der Waals surface area contributed by atoms with Crippen LogP contribution in [0.1, 0.15) is 18.4 Å². The van der Waals surface area contributed by atoms with Crippen molar-refractivity contribution in [1.82, 2.24) is 0 Å². The second-order valence-corrected chi connectivity index (χ2v) is 6.47. The monoisotopic (exact) mass is 295 g/mol. The van der Waals surface area contributed by atoms with E-state index >= 15 is 0 Å². The molecule has 1 aromatic carbocycles. The average Bonchev–Trinajstić information content (AvgIpc) is 2.25. The van der Waals surface area contributed by atoms with E-state index in [4.69, 9.17) is 5.11 Å². The highest BCUT2D eigenvalue weighted by Crippen LogP contribution is 2.35. The van der Waals surface area contributed by atoms with Crippen LogP contribution >= 0.6 is 0 Å². The summed E-state index contributed by atoms with van der Waals surface area (Å²) in [4.78, 5) is 22.9. The lowest BCUT2D eigenvalue weighted by molar-refractivity contribution is -0.151. The Morgan fingerprint density at radius 3 is 2.60 bits per heavy atom. The predicted octanol–water partition coefficient (Wildman–Crippen LogP) is 1.61. The van der Waals surface area contributed by atoms with Crippen LogP contribution in [0.4, 0.5) is 5.69 Å². The zero-order valence-corrected chi connectivity index (χ0v) is 12.0. The largest absolute Gasteiger partial charge is 0.481 e. The van der Waals surface area contributed by atoms with E-state index in [0.29, 0.717) is 24.3 Å². The van der Waals surface area contributed by atoms with Crippen molar-refractivity contribution in [1.29, 1.82) is 0 Å². The van der Waals surface area contributed by atoms with Crippen molar-refractivity contribution in [2.24, 2.45) is 11.8 Å². The third-order valence-corrected chi connectivity index (χ3v) is 4.23. The normalized spacial score (nSPS) is 22.6. The van der Waals surface area contributed by atoms with Gasteiger partial charge in [-0.2, -0.15) is 0 Å². The molecule has 1 aliphatic rings. The number of hydrogen-bond acceptors (Lipinski definition) is 3. The summed E-state index contributed by atoms with van der Waals surface area (Å²) in [5.74, 6) is -1.74. The molecular weight excluding hydrogens is 278 g/mol. The summed E-state index contributed by atoms with van der Waals surface area (Å²) < 4.78 is 11.2. The summed E-state index contributed by atoms with van der Waals surface area (Å²) in [6.45, 7) is 0. The molecule has 1 amide bonds. The van der Waals surface area contributed by atoms with Gasteiger partial charge in [-0.25, -0.2) is 0 Å². The molecule has 0 aliphatic heterocycles.